The van der Waals surface area contributed by atoms with Crippen molar-refractivity contribution in [3.05, 3.63) is 59.7 Å². The first kappa shape index (κ1) is 26.2. The number of alkyl carbamates (subject to hydrolysis) is 1. The summed E-state index contributed by atoms with van der Waals surface area (Å²) >= 11 is 0. The highest BCUT2D eigenvalue weighted by Gasteiger charge is 2.30. The van der Waals surface area contributed by atoms with E-state index in [1.807, 2.05) is 50.2 Å². The Kier molecular flexibility index (Phi) is 9.25. The summed E-state index contributed by atoms with van der Waals surface area (Å²) in [5, 5.41) is 14.4. The number of aliphatic carboxylic acids is 1. The Balaban J connectivity index is 1.61. The van der Waals surface area contributed by atoms with Gasteiger partial charge in [-0.05, 0) is 41.5 Å². The number of ether oxygens (including phenoxy) is 2. The van der Waals surface area contributed by atoms with Crippen molar-refractivity contribution >= 4 is 18.0 Å². The predicted octanol–water partition coefficient (Wildman–Crippen LogP) is 3.94. The standard InChI is InChI=1S/C27H34N2O6/c1-4-34-18(14-25(30)31)15-28-26(32)24(13-17(2)3)29-27(33)35-16-23-21-11-7-5-9-19(21)20-10-6-8-12-22(20)23/h5-12,17-18,23-24H,4,13-16H2,1-3H3,(H,28,32)(H,29,33)(H,30,31)/t18?,24-/m1/s1. The molecule has 188 valence electrons. The molecule has 0 spiro atoms. The minimum atomic E-state index is -1.01. The molecule has 0 saturated heterocycles. The summed E-state index contributed by atoms with van der Waals surface area (Å²) < 4.78 is 11.0. The van der Waals surface area contributed by atoms with Gasteiger partial charge in [-0.25, -0.2) is 4.79 Å². The second-order valence-corrected chi connectivity index (χ2v) is 9.07. The molecule has 0 radical (unpaired) electrons. The Morgan fingerprint density at radius 3 is 2.14 bits per heavy atom. The van der Waals surface area contributed by atoms with Crippen molar-refractivity contribution in [2.24, 2.45) is 5.92 Å². The second-order valence-electron chi connectivity index (χ2n) is 9.07. The van der Waals surface area contributed by atoms with E-state index in [9.17, 15) is 14.4 Å². The Bertz CT molecular complexity index is 992. The number of hydrogen-bond donors (Lipinski definition) is 3. The summed E-state index contributed by atoms with van der Waals surface area (Å²) in [6, 6.07) is 15.3. The lowest BCUT2D eigenvalue weighted by molar-refractivity contribution is -0.140. The van der Waals surface area contributed by atoms with E-state index in [2.05, 4.69) is 22.8 Å². The molecule has 1 unspecified atom stereocenters. The van der Waals surface area contributed by atoms with Crippen molar-refractivity contribution in [3.63, 3.8) is 0 Å². The van der Waals surface area contributed by atoms with Crippen LogP contribution in [0.4, 0.5) is 4.79 Å². The molecule has 3 rings (SSSR count). The summed E-state index contributed by atoms with van der Waals surface area (Å²) in [4.78, 5) is 36.5. The third-order valence-corrected chi connectivity index (χ3v) is 5.97. The third-order valence-electron chi connectivity index (χ3n) is 5.97. The minimum absolute atomic E-state index is 0.0416. The van der Waals surface area contributed by atoms with E-state index in [1.165, 1.54) is 0 Å². The maximum atomic E-state index is 12.8. The van der Waals surface area contributed by atoms with Gasteiger partial charge in [0.2, 0.25) is 5.91 Å². The van der Waals surface area contributed by atoms with Gasteiger partial charge in [-0.15, -0.1) is 0 Å². The molecule has 35 heavy (non-hydrogen) atoms. The molecule has 0 heterocycles. The molecule has 8 heteroatoms. The fourth-order valence-electron chi connectivity index (χ4n) is 4.44. The van der Waals surface area contributed by atoms with Gasteiger partial charge < -0.3 is 25.2 Å². The number of rotatable bonds is 12. The summed E-state index contributed by atoms with van der Waals surface area (Å²) in [6.07, 6.45) is -1.12. The average molecular weight is 483 g/mol. The summed E-state index contributed by atoms with van der Waals surface area (Å²) in [5.74, 6) is -1.34. The molecule has 0 bridgehead atoms. The predicted molar refractivity (Wildman–Crippen MR) is 132 cm³/mol. The molecule has 3 N–H and O–H groups in total. The first-order valence-corrected chi connectivity index (χ1v) is 12.0. The fourth-order valence-corrected chi connectivity index (χ4v) is 4.44. The van der Waals surface area contributed by atoms with Gasteiger partial charge >= 0.3 is 12.1 Å². The first-order chi connectivity index (χ1) is 16.8. The number of amides is 2. The lowest BCUT2D eigenvalue weighted by atomic mass is 9.98. The van der Waals surface area contributed by atoms with Gasteiger partial charge in [-0.1, -0.05) is 62.4 Å². The van der Waals surface area contributed by atoms with Crippen molar-refractivity contribution in [2.45, 2.75) is 51.7 Å². The molecule has 0 aliphatic heterocycles. The van der Waals surface area contributed by atoms with E-state index in [4.69, 9.17) is 14.6 Å². The lowest BCUT2D eigenvalue weighted by Crippen LogP contribution is -2.49. The second kappa shape index (κ2) is 12.4. The van der Waals surface area contributed by atoms with E-state index < -0.39 is 30.1 Å². The van der Waals surface area contributed by atoms with Crippen LogP contribution in [0.15, 0.2) is 48.5 Å². The molecular weight excluding hydrogens is 448 g/mol. The SMILES string of the molecule is CCOC(CNC(=O)[C@@H](CC(C)C)NC(=O)OCC1c2ccccc2-c2ccccc21)CC(=O)O. The molecule has 2 amide bonds. The van der Waals surface area contributed by atoms with Gasteiger partial charge in [-0.2, -0.15) is 0 Å². The van der Waals surface area contributed by atoms with E-state index in [-0.39, 0.29) is 31.4 Å². The zero-order chi connectivity index (χ0) is 25.4. The number of benzene rings is 2. The highest BCUT2D eigenvalue weighted by atomic mass is 16.5. The van der Waals surface area contributed by atoms with Crippen LogP contribution in [-0.4, -0.2) is 55.0 Å². The van der Waals surface area contributed by atoms with Crippen LogP contribution < -0.4 is 10.6 Å². The van der Waals surface area contributed by atoms with Gasteiger partial charge in [0.1, 0.15) is 12.6 Å². The molecule has 8 nitrogen and oxygen atoms in total. The minimum Gasteiger partial charge on any atom is -0.481 e. The monoisotopic (exact) mass is 482 g/mol. The fraction of sp³-hybridized carbons (Fsp3) is 0.444. The first-order valence-electron chi connectivity index (χ1n) is 12.0. The van der Waals surface area contributed by atoms with Gasteiger partial charge in [0.05, 0.1) is 12.5 Å². The molecule has 2 aromatic carbocycles. The molecule has 0 aromatic heterocycles. The number of fused-ring (bicyclic) bond motifs is 3. The highest BCUT2D eigenvalue weighted by molar-refractivity contribution is 5.86. The average Bonchev–Trinajstić information content (AvgIpc) is 3.14. The number of nitrogens with one attached hydrogen (secondary N) is 2. The van der Waals surface area contributed by atoms with Crippen LogP contribution in [0.25, 0.3) is 11.1 Å². The molecule has 0 saturated carbocycles. The molecule has 0 fully saturated rings. The summed E-state index contributed by atoms with van der Waals surface area (Å²) in [5.41, 5.74) is 4.50. The van der Waals surface area contributed by atoms with Crippen LogP contribution in [0.2, 0.25) is 0 Å². The number of carbonyl (C=O) groups excluding carboxylic acids is 2. The van der Waals surface area contributed by atoms with E-state index in [0.29, 0.717) is 13.0 Å². The lowest BCUT2D eigenvalue weighted by Gasteiger charge is -2.22. The van der Waals surface area contributed by atoms with Gasteiger partial charge in [-0.3, -0.25) is 9.59 Å². The Morgan fingerprint density at radius 2 is 1.60 bits per heavy atom. The molecule has 2 aromatic rings. The normalized spacial score (nSPS) is 14.1. The molecule has 1 aliphatic rings. The Hall–Kier alpha value is -3.39. The number of carboxylic acid groups (broad SMARTS) is 1. The number of carboxylic acids is 1. The van der Waals surface area contributed by atoms with Crippen molar-refractivity contribution < 1.29 is 29.0 Å². The van der Waals surface area contributed by atoms with Crippen molar-refractivity contribution in [3.8, 4) is 11.1 Å². The van der Waals surface area contributed by atoms with Crippen LogP contribution in [0.3, 0.4) is 0 Å². The molecule has 2 atom stereocenters. The Labute approximate surface area is 206 Å². The third kappa shape index (κ3) is 7.05. The molecular formula is C27H34N2O6. The number of hydrogen-bond acceptors (Lipinski definition) is 5. The van der Waals surface area contributed by atoms with Gasteiger partial charge in [0.25, 0.3) is 0 Å². The van der Waals surface area contributed by atoms with Crippen molar-refractivity contribution in [1.82, 2.24) is 10.6 Å². The largest absolute Gasteiger partial charge is 0.481 e. The maximum absolute atomic E-state index is 12.8. The van der Waals surface area contributed by atoms with E-state index >= 15 is 0 Å². The van der Waals surface area contributed by atoms with Gasteiger partial charge in [0, 0.05) is 19.1 Å². The smallest absolute Gasteiger partial charge is 0.407 e. The Morgan fingerprint density at radius 1 is 1.00 bits per heavy atom. The van der Waals surface area contributed by atoms with Crippen LogP contribution in [-0.2, 0) is 19.1 Å². The zero-order valence-electron chi connectivity index (χ0n) is 20.5. The summed E-state index contributed by atoms with van der Waals surface area (Å²) in [7, 11) is 0. The van der Waals surface area contributed by atoms with E-state index in [1.54, 1.807) is 6.92 Å². The van der Waals surface area contributed by atoms with Crippen molar-refractivity contribution in [1.29, 1.82) is 0 Å². The topological polar surface area (TPSA) is 114 Å². The summed E-state index contributed by atoms with van der Waals surface area (Å²) in [6.45, 7) is 6.19. The quantitative estimate of drug-likeness (QED) is 0.422. The highest BCUT2D eigenvalue weighted by Crippen LogP contribution is 2.44. The zero-order valence-corrected chi connectivity index (χ0v) is 20.5. The van der Waals surface area contributed by atoms with E-state index in [0.717, 1.165) is 22.3 Å². The number of carbonyl (C=O) groups is 3. The maximum Gasteiger partial charge on any atom is 0.407 e. The van der Waals surface area contributed by atoms with Crippen LogP contribution in [0.5, 0.6) is 0 Å². The van der Waals surface area contributed by atoms with Crippen LogP contribution in [0, 0.1) is 5.92 Å². The van der Waals surface area contributed by atoms with Crippen LogP contribution in [0.1, 0.15) is 50.7 Å². The molecule has 1 aliphatic carbocycles. The van der Waals surface area contributed by atoms with Crippen LogP contribution >= 0.6 is 0 Å². The van der Waals surface area contributed by atoms with Crippen molar-refractivity contribution in [2.75, 3.05) is 19.8 Å². The van der Waals surface area contributed by atoms with Gasteiger partial charge in [0.15, 0.2) is 0 Å².